The van der Waals surface area contributed by atoms with Crippen LogP contribution in [0.15, 0.2) is 51.9 Å². The second-order valence-electron chi connectivity index (χ2n) is 4.53. The number of hydrogen-bond donors (Lipinski definition) is 2. The average molecular weight is 301 g/mol. The molecule has 106 valence electrons. The van der Waals surface area contributed by atoms with Crippen LogP contribution in [0.4, 0.5) is 11.4 Å². The highest BCUT2D eigenvalue weighted by Gasteiger charge is 2.09. The van der Waals surface area contributed by atoms with Crippen LogP contribution in [0.3, 0.4) is 0 Å². The van der Waals surface area contributed by atoms with Gasteiger partial charge in [0, 0.05) is 11.3 Å². The largest absolute Gasteiger partial charge is 0.436 e. The molecule has 4 N–H and O–H groups in total. The maximum Gasteiger partial charge on any atom is 0.227 e. The molecular formula is C15H13ClN4O. The lowest BCUT2D eigenvalue weighted by molar-refractivity contribution is 0.620. The first-order valence-corrected chi connectivity index (χ1v) is 6.84. The topological polar surface area (TPSA) is 90.4 Å². The van der Waals surface area contributed by atoms with Crippen LogP contribution < -0.4 is 11.5 Å². The number of aliphatic imine (C=N–C) groups is 1. The van der Waals surface area contributed by atoms with Gasteiger partial charge in [0.15, 0.2) is 5.58 Å². The number of aromatic nitrogens is 1. The monoisotopic (exact) mass is 300 g/mol. The van der Waals surface area contributed by atoms with Crippen molar-refractivity contribution in [3.63, 3.8) is 0 Å². The van der Waals surface area contributed by atoms with Crippen molar-refractivity contribution in [1.29, 1.82) is 0 Å². The number of nitrogen functional groups attached to an aromatic ring is 1. The Labute approximate surface area is 126 Å². The van der Waals surface area contributed by atoms with Crippen LogP contribution in [0, 0.1) is 0 Å². The summed E-state index contributed by atoms with van der Waals surface area (Å²) in [5, 5.41) is 0. The Hall–Kier alpha value is -2.53. The molecule has 2 aromatic carbocycles. The van der Waals surface area contributed by atoms with Crippen LogP contribution in [-0.4, -0.2) is 16.7 Å². The molecule has 3 rings (SSSR count). The lowest BCUT2D eigenvalue weighted by Crippen LogP contribution is -2.12. The molecule has 0 aliphatic heterocycles. The number of nitrogens with two attached hydrogens (primary N) is 2. The van der Waals surface area contributed by atoms with E-state index >= 15 is 0 Å². The first-order chi connectivity index (χ1) is 10.2. The summed E-state index contributed by atoms with van der Waals surface area (Å²) in [5.41, 5.74) is 15.0. The molecule has 0 aliphatic rings. The number of benzene rings is 2. The van der Waals surface area contributed by atoms with Gasteiger partial charge in [-0.25, -0.2) is 9.98 Å². The second-order valence-corrected chi connectivity index (χ2v) is 4.80. The van der Waals surface area contributed by atoms with Crippen molar-refractivity contribution < 1.29 is 4.42 Å². The van der Waals surface area contributed by atoms with Crippen molar-refractivity contribution in [2.75, 3.05) is 11.6 Å². The maximum absolute atomic E-state index is 5.74. The van der Waals surface area contributed by atoms with E-state index in [4.69, 9.17) is 27.5 Å². The molecule has 21 heavy (non-hydrogen) atoms. The lowest BCUT2D eigenvalue weighted by Gasteiger charge is -1.99. The van der Waals surface area contributed by atoms with Crippen LogP contribution in [0.25, 0.3) is 22.6 Å². The van der Waals surface area contributed by atoms with E-state index in [-0.39, 0.29) is 5.88 Å². The quantitative estimate of drug-likeness (QED) is 0.336. The molecule has 0 unspecified atom stereocenters. The first kappa shape index (κ1) is 13.5. The van der Waals surface area contributed by atoms with Crippen LogP contribution in [0.5, 0.6) is 0 Å². The van der Waals surface area contributed by atoms with E-state index in [1.54, 1.807) is 18.2 Å². The Morgan fingerprint density at radius 2 is 2.10 bits per heavy atom. The molecular weight excluding hydrogens is 288 g/mol. The Bertz CT molecular complexity index is 825. The molecule has 0 saturated heterocycles. The van der Waals surface area contributed by atoms with Crippen molar-refractivity contribution >= 4 is 39.9 Å². The third-order valence-corrected chi connectivity index (χ3v) is 3.19. The van der Waals surface area contributed by atoms with Crippen molar-refractivity contribution in [2.24, 2.45) is 10.7 Å². The highest BCUT2D eigenvalue weighted by molar-refractivity contribution is 6.28. The normalized spacial score (nSPS) is 12.0. The van der Waals surface area contributed by atoms with Crippen molar-refractivity contribution in [2.45, 2.75) is 0 Å². The number of alkyl halides is 1. The third-order valence-electron chi connectivity index (χ3n) is 2.91. The number of anilines is 1. The molecule has 0 saturated carbocycles. The Kier molecular flexibility index (Phi) is 3.50. The van der Waals surface area contributed by atoms with Crippen molar-refractivity contribution in [3.8, 4) is 11.5 Å². The van der Waals surface area contributed by atoms with Gasteiger partial charge in [-0.2, -0.15) is 0 Å². The van der Waals surface area contributed by atoms with Gasteiger partial charge in [-0.1, -0.05) is 6.07 Å². The zero-order valence-electron chi connectivity index (χ0n) is 11.1. The summed E-state index contributed by atoms with van der Waals surface area (Å²) in [5.74, 6) is 1.06. The molecule has 3 aromatic rings. The van der Waals surface area contributed by atoms with Gasteiger partial charge in [0.25, 0.3) is 0 Å². The van der Waals surface area contributed by atoms with Gasteiger partial charge in [0.2, 0.25) is 5.89 Å². The van der Waals surface area contributed by atoms with E-state index in [9.17, 15) is 0 Å². The van der Waals surface area contributed by atoms with Crippen LogP contribution in [-0.2, 0) is 0 Å². The molecule has 0 bridgehead atoms. The Morgan fingerprint density at radius 1 is 1.24 bits per heavy atom. The highest BCUT2D eigenvalue weighted by atomic mass is 35.5. The summed E-state index contributed by atoms with van der Waals surface area (Å²) in [4.78, 5) is 8.64. The summed E-state index contributed by atoms with van der Waals surface area (Å²) < 4.78 is 5.72. The van der Waals surface area contributed by atoms with E-state index in [2.05, 4.69) is 9.98 Å². The summed E-state index contributed by atoms with van der Waals surface area (Å²) in [6.07, 6.45) is 0. The summed E-state index contributed by atoms with van der Waals surface area (Å²) >= 11 is 5.63. The first-order valence-electron chi connectivity index (χ1n) is 6.31. The molecule has 0 fully saturated rings. The van der Waals surface area contributed by atoms with E-state index in [1.807, 2.05) is 24.3 Å². The summed E-state index contributed by atoms with van der Waals surface area (Å²) in [7, 11) is 0. The Morgan fingerprint density at radius 3 is 2.90 bits per heavy atom. The fraction of sp³-hybridized carbons (Fsp3) is 0.0667. The van der Waals surface area contributed by atoms with Gasteiger partial charge in [0.1, 0.15) is 11.4 Å². The minimum Gasteiger partial charge on any atom is -0.436 e. The summed E-state index contributed by atoms with van der Waals surface area (Å²) in [6, 6.07) is 12.8. The molecule has 0 amide bonds. The molecule has 0 aliphatic carbocycles. The number of oxazole rings is 1. The number of fused-ring (bicyclic) bond motifs is 1. The fourth-order valence-electron chi connectivity index (χ4n) is 1.97. The average Bonchev–Trinajstić information content (AvgIpc) is 2.90. The maximum atomic E-state index is 5.74. The predicted octanol–water partition coefficient (Wildman–Crippen LogP) is 3.30. The third kappa shape index (κ3) is 2.83. The van der Waals surface area contributed by atoms with E-state index in [0.717, 1.165) is 11.1 Å². The molecule has 6 heteroatoms. The number of nitrogens with zero attached hydrogens (tertiary/aromatic N) is 2. The number of rotatable bonds is 3. The van der Waals surface area contributed by atoms with E-state index < -0.39 is 0 Å². The summed E-state index contributed by atoms with van der Waals surface area (Å²) in [6.45, 7) is 0. The van der Waals surface area contributed by atoms with Gasteiger partial charge in [-0.05, 0) is 36.4 Å². The molecule has 1 heterocycles. The standard InChI is InChI=1S/C15H13ClN4O/c16-8-14(18)19-11-3-1-2-9(6-11)15-20-12-7-10(17)4-5-13(12)21-15/h1-7H,8,17H2,(H2,18,19). The van der Waals surface area contributed by atoms with Crippen LogP contribution in [0.2, 0.25) is 0 Å². The minimum absolute atomic E-state index is 0.187. The zero-order chi connectivity index (χ0) is 14.8. The van der Waals surface area contributed by atoms with Crippen molar-refractivity contribution in [3.05, 3.63) is 42.5 Å². The second kappa shape index (κ2) is 5.46. The lowest BCUT2D eigenvalue weighted by atomic mass is 10.2. The van der Waals surface area contributed by atoms with Crippen molar-refractivity contribution in [1.82, 2.24) is 4.98 Å². The van der Waals surface area contributed by atoms with Gasteiger partial charge in [-0.3, -0.25) is 0 Å². The van der Waals surface area contributed by atoms with E-state index in [0.29, 0.717) is 28.7 Å². The van der Waals surface area contributed by atoms with E-state index in [1.165, 1.54) is 0 Å². The van der Waals surface area contributed by atoms with Crippen LogP contribution >= 0.6 is 11.6 Å². The predicted molar refractivity (Wildman–Crippen MR) is 85.9 cm³/mol. The SMILES string of the molecule is NC(CCl)=Nc1cccc(-c2nc3cc(N)ccc3o2)c1. The molecule has 0 atom stereocenters. The number of hydrogen-bond acceptors (Lipinski definition) is 4. The Balaban J connectivity index is 2.04. The molecule has 1 aromatic heterocycles. The number of amidine groups is 1. The number of halogens is 1. The smallest absolute Gasteiger partial charge is 0.227 e. The minimum atomic E-state index is 0.187. The highest BCUT2D eigenvalue weighted by Crippen LogP contribution is 2.27. The van der Waals surface area contributed by atoms with Gasteiger partial charge >= 0.3 is 0 Å². The van der Waals surface area contributed by atoms with Gasteiger partial charge in [0.05, 0.1) is 11.6 Å². The molecule has 0 radical (unpaired) electrons. The van der Waals surface area contributed by atoms with Gasteiger partial charge in [-0.15, -0.1) is 11.6 Å². The van der Waals surface area contributed by atoms with Gasteiger partial charge < -0.3 is 15.9 Å². The zero-order valence-corrected chi connectivity index (χ0v) is 11.8. The molecule has 0 spiro atoms. The fourth-order valence-corrected chi connectivity index (χ4v) is 2.03. The van der Waals surface area contributed by atoms with Crippen LogP contribution in [0.1, 0.15) is 0 Å². The molecule has 5 nitrogen and oxygen atoms in total.